The van der Waals surface area contributed by atoms with Crippen LogP contribution in [0.4, 0.5) is 5.82 Å². The van der Waals surface area contributed by atoms with E-state index in [9.17, 15) is 10.1 Å². The molecule has 1 unspecified atom stereocenters. The fourth-order valence-corrected chi connectivity index (χ4v) is 4.54. The van der Waals surface area contributed by atoms with Gasteiger partial charge in [-0.2, -0.15) is 10.4 Å². The maximum atomic E-state index is 13.3. The summed E-state index contributed by atoms with van der Waals surface area (Å²) in [5.41, 5.74) is 5.68. The molecular formula is C30H28ClN7O. The van der Waals surface area contributed by atoms with Crippen LogP contribution in [0.5, 0.6) is 0 Å². The summed E-state index contributed by atoms with van der Waals surface area (Å²) in [7, 11) is 0. The van der Waals surface area contributed by atoms with Gasteiger partial charge in [-0.25, -0.2) is 9.67 Å². The van der Waals surface area contributed by atoms with E-state index >= 15 is 0 Å². The molecule has 5 aromatic rings. The van der Waals surface area contributed by atoms with Gasteiger partial charge in [0, 0.05) is 23.2 Å². The lowest BCUT2D eigenvalue weighted by atomic mass is 10.0. The second-order valence-electron chi connectivity index (χ2n) is 9.40. The van der Waals surface area contributed by atoms with Crippen molar-refractivity contribution < 1.29 is 4.79 Å². The summed E-state index contributed by atoms with van der Waals surface area (Å²) in [4.78, 5) is 20.8. The first-order chi connectivity index (χ1) is 18.9. The van der Waals surface area contributed by atoms with Gasteiger partial charge in [-0.15, -0.1) is 0 Å². The number of hydrogen-bond acceptors (Lipinski definition) is 6. The molecule has 2 heterocycles. The monoisotopic (exact) mass is 537 g/mol. The molecule has 0 spiro atoms. The number of nitriles is 1. The lowest BCUT2D eigenvalue weighted by molar-refractivity contribution is 0.103. The molecule has 2 aromatic heterocycles. The summed E-state index contributed by atoms with van der Waals surface area (Å²) in [6.45, 7) is 5.41. The quantitative estimate of drug-likeness (QED) is 0.149. The molecule has 0 radical (unpaired) electrons. The summed E-state index contributed by atoms with van der Waals surface area (Å²) in [5.74, 6) is 0.181. The van der Waals surface area contributed by atoms with Crippen molar-refractivity contribution in [1.29, 1.82) is 5.26 Å². The Morgan fingerprint density at radius 3 is 2.62 bits per heavy atom. The predicted octanol–water partition coefficient (Wildman–Crippen LogP) is 5.97. The summed E-state index contributed by atoms with van der Waals surface area (Å²) in [6, 6.07) is 22.9. The average molecular weight is 538 g/mol. The van der Waals surface area contributed by atoms with Crippen LogP contribution in [0, 0.1) is 18.3 Å². The Morgan fingerprint density at radius 2 is 1.87 bits per heavy atom. The number of fused-ring (bicyclic) bond motifs is 1. The fourth-order valence-electron chi connectivity index (χ4n) is 4.41. The molecule has 0 aliphatic rings. The van der Waals surface area contributed by atoms with Crippen LogP contribution in [0.15, 0.2) is 73.1 Å². The van der Waals surface area contributed by atoms with Crippen LogP contribution >= 0.6 is 11.6 Å². The molecule has 0 bridgehead atoms. The average Bonchev–Trinajstić information content (AvgIpc) is 3.57. The van der Waals surface area contributed by atoms with E-state index in [1.807, 2.05) is 37.3 Å². The number of halogens is 1. The number of ketones is 1. The van der Waals surface area contributed by atoms with Crippen LogP contribution in [-0.4, -0.2) is 38.6 Å². The molecule has 3 N–H and O–H groups in total. The largest absolute Gasteiger partial charge is 0.369 e. The van der Waals surface area contributed by atoms with Gasteiger partial charge in [-0.05, 0) is 68.8 Å². The number of rotatable bonds is 10. The maximum absolute atomic E-state index is 13.3. The van der Waals surface area contributed by atoms with E-state index in [4.69, 9.17) is 11.6 Å². The predicted molar refractivity (Wildman–Crippen MR) is 154 cm³/mol. The highest BCUT2D eigenvalue weighted by Gasteiger charge is 2.25. The Hall–Kier alpha value is -4.45. The molecule has 0 amide bonds. The van der Waals surface area contributed by atoms with Crippen LogP contribution in [0.25, 0.3) is 16.7 Å². The van der Waals surface area contributed by atoms with Crippen molar-refractivity contribution in [2.24, 2.45) is 0 Å². The van der Waals surface area contributed by atoms with E-state index in [2.05, 4.69) is 50.8 Å². The van der Waals surface area contributed by atoms with Gasteiger partial charge in [0.05, 0.1) is 23.0 Å². The summed E-state index contributed by atoms with van der Waals surface area (Å²) in [5, 5.41) is 22.1. The number of aryl methyl sites for hydroxylation is 1. The molecule has 0 aliphatic heterocycles. The van der Waals surface area contributed by atoms with Crippen molar-refractivity contribution in [3.63, 3.8) is 0 Å². The zero-order valence-electron chi connectivity index (χ0n) is 21.7. The van der Waals surface area contributed by atoms with Crippen LogP contribution < -0.4 is 10.6 Å². The number of imidazole rings is 1. The second kappa shape index (κ2) is 11.5. The van der Waals surface area contributed by atoms with Crippen molar-refractivity contribution in [2.45, 2.75) is 26.3 Å². The van der Waals surface area contributed by atoms with E-state index in [1.54, 1.807) is 35.3 Å². The molecule has 5 rings (SSSR count). The Kier molecular flexibility index (Phi) is 7.73. The minimum absolute atomic E-state index is 0.111. The van der Waals surface area contributed by atoms with Crippen molar-refractivity contribution in [3.8, 4) is 11.8 Å². The highest BCUT2D eigenvalue weighted by molar-refractivity contribution is 6.30. The summed E-state index contributed by atoms with van der Waals surface area (Å²) >= 11 is 6.09. The molecule has 0 saturated heterocycles. The van der Waals surface area contributed by atoms with E-state index in [-0.39, 0.29) is 23.1 Å². The first kappa shape index (κ1) is 26.2. The van der Waals surface area contributed by atoms with Crippen LogP contribution in [0.2, 0.25) is 5.02 Å². The lowest BCUT2D eigenvalue weighted by Gasteiger charge is -2.15. The zero-order chi connectivity index (χ0) is 27.4. The first-order valence-corrected chi connectivity index (χ1v) is 13.1. The minimum Gasteiger partial charge on any atom is -0.369 e. The Morgan fingerprint density at radius 1 is 1.10 bits per heavy atom. The summed E-state index contributed by atoms with van der Waals surface area (Å²) < 4.78 is 1.60. The highest BCUT2D eigenvalue weighted by Crippen LogP contribution is 2.26. The molecule has 3 aromatic carbocycles. The molecule has 0 saturated carbocycles. The normalized spacial score (nSPS) is 11.8. The van der Waals surface area contributed by atoms with E-state index in [1.165, 1.54) is 5.56 Å². The van der Waals surface area contributed by atoms with Gasteiger partial charge in [-0.3, -0.25) is 4.79 Å². The molecule has 0 aliphatic carbocycles. The van der Waals surface area contributed by atoms with E-state index in [0.717, 1.165) is 29.6 Å². The van der Waals surface area contributed by atoms with Crippen LogP contribution in [0.1, 0.15) is 52.1 Å². The third-order valence-electron chi connectivity index (χ3n) is 6.64. The molecule has 196 valence electrons. The Bertz CT molecular complexity index is 1650. The van der Waals surface area contributed by atoms with Gasteiger partial charge in [-0.1, -0.05) is 47.5 Å². The van der Waals surface area contributed by atoms with Gasteiger partial charge >= 0.3 is 0 Å². The molecule has 0 fully saturated rings. The number of H-pyrrole nitrogens is 1. The number of nitrogens with one attached hydrogen (secondary N) is 3. The lowest BCUT2D eigenvalue weighted by Crippen LogP contribution is -2.22. The van der Waals surface area contributed by atoms with Gasteiger partial charge in [0.1, 0.15) is 17.5 Å². The third kappa shape index (κ3) is 5.70. The highest BCUT2D eigenvalue weighted by atomic mass is 35.5. The number of hydrogen-bond donors (Lipinski definition) is 3. The van der Waals surface area contributed by atoms with Gasteiger partial charge < -0.3 is 15.6 Å². The maximum Gasteiger partial charge on any atom is 0.214 e. The van der Waals surface area contributed by atoms with E-state index < -0.39 is 0 Å². The second-order valence-corrected chi connectivity index (χ2v) is 9.84. The topological polar surface area (TPSA) is 111 Å². The number of carbonyl (C=O) groups is 1. The van der Waals surface area contributed by atoms with Crippen molar-refractivity contribution in [2.75, 3.05) is 18.4 Å². The third-order valence-corrected chi connectivity index (χ3v) is 6.89. The van der Waals surface area contributed by atoms with Gasteiger partial charge in [0.15, 0.2) is 5.69 Å². The molecule has 9 heteroatoms. The van der Waals surface area contributed by atoms with Gasteiger partial charge in [0.2, 0.25) is 5.78 Å². The first-order valence-electron chi connectivity index (χ1n) is 12.8. The number of aromatic nitrogens is 4. The van der Waals surface area contributed by atoms with Crippen LogP contribution in [-0.2, 0) is 0 Å². The molecule has 39 heavy (non-hydrogen) atoms. The Labute approximate surface area is 231 Å². The summed E-state index contributed by atoms with van der Waals surface area (Å²) in [6.07, 6.45) is 2.48. The van der Waals surface area contributed by atoms with E-state index in [0.29, 0.717) is 28.6 Å². The standard InChI is InChI=1S/C30H28ClN7O/c1-19-4-6-21(7-5-19)29(39)28-25(17-32)30(38(37-28)24-11-9-23(31)10-12-24)34-15-3-14-33-20(2)22-8-13-26-27(16-22)36-18-35-26/h4-13,16,18,20,33-34H,3,14-15H2,1-2H3,(H,35,36). The Balaban J connectivity index is 1.32. The number of carbonyl (C=O) groups excluding carboxylic acids is 1. The van der Waals surface area contributed by atoms with Gasteiger partial charge in [0.25, 0.3) is 0 Å². The fraction of sp³-hybridized carbons (Fsp3) is 0.200. The van der Waals surface area contributed by atoms with Crippen molar-refractivity contribution >= 4 is 34.2 Å². The number of anilines is 1. The minimum atomic E-state index is -0.299. The van der Waals surface area contributed by atoms with Crippen molar-refractivity contribution in [1.82, 2.24) is 25.1 Å². The zero-order valence-corrected chi connectivity index (χ0v) is 22.5. The smallest absolute Gasteiger partial charge is 0.214 e. The number of aromatic amines is 1. The SMILES string of the molecule is Cc1ccc(C(=O)c2nn(-c3ccc(Cl)cc3)c(NCCCNC(C)c3ccc4nc[nH]c4c3)c2C#N)cc1. The molecule has 1 atom stereocenters. The number of benzene rings is 3. The van der Waals surface area contributed by atoms with Crippen LogP contribution in [0.3, 0.4) is 0 Å². The molecule has 8 nitrogen and oxygen atoms in total. The van der Waals surface area contributed by atoms with Crippen molar-refractivity contribution in [3.05, 3.63) is 106 Å². The molecular weight excluding hydrogens is 510 g/mol. The number of nitrogens with zero attached hydrogens (tertiary/aromatic N) is 4.